The number of amides is 2. The second-order valence-corrected chi connectivity index (χ2v) is 6.38. The van der Waals surface area contributed by atoms with Crippen LogP contribution in [0.4, 0.5) is 20.3 Å². The van der Waals surface area contributed by atoms with Crippen molar-refractivity contribution in [2.45, 2.75) is 34.6 Å². The number of benzene rings is 2. The van der Waals surface area contributed by atoms with Gasteiger partial charge in [0.15, 0.2) is 0 Å². The van der Waals surface area contributed by atoms with Crippen molar-refractivity contribution in [1.29, 1.82) is 0 Å². The molecule has 0 fully saturated rings. The molecule has 2 aromatic carbocycles. The summed E-state index contributed by atoms with van der Waals surface area (Å²) in [6.07, 6.45) is 2.03. The molecule has 0 radical (unpaired) electrons. The van der Waals surface area contributed by atoms with Crippen molar-refractivity contribution in [3.63, 3.8) is 0 Å². The predicted molar refractivity (Wildman–Crippen MR) is 120 cm³/mol. The van der Waals surface area contributed by atoms with Crippen LogP contribution < -0.4 is 10.6 Å². The summed E-state index contributed by atoms with van der Waals surface area (Å²) >= 11 is 0. The van der Waals surface area contributed by atoms with E-state index < -0.39 is 11.7 Å². The predicted octanol–water partition coefficient (Wildman–Crippen LogP) is 5.82. The lowest BCUT2D eigenvalue weighted by atomic mass is 10.1. The van der Waals surface area contributed by atoms with E-state index in [9.17, 15) is 18.4 Å². The second-order valence-electron chi connectivity index (χ2n) is 6.38. The van der Waals surface area contributed by atoms with Crippen molar-refractivity contribution in [3.8, 4) is 0 Å². The van der Waals surface area contributed by atoms with Gasteiger partial charge in [-0.3, -0.25) is 9.59 Å². The average molecular weight is 427 g/mol. The van der Waals surface area contributed by atoms with Crippen molar-refractivity contribution in [2.24, 2.45) is 0 Å². The van der Waals surface area contributed by atoms with Gasteiger partial charge in [0.1, 0.15) is 17.5 Å². The van der Waals surface area contributed by atoms with Crippen molar-refractivity contribution in [2.75, 3.05) is 10.6 Å². The molecule has 0 aliphatic heterocycles. The SMILES string of the molecule is CC.Cc1ccc(C)c(F)c1.Cc1ccc(NC(=O)c2cc(F)ccc2NC=O)nc1. The van der Waals surface area contributed by atoms with E-state index in [2.05, 4.69) is 15.6 Å². The van der Waals surface area contributed by atoms with Crippen LogP contribution in [0, 0.1) is 32.4 Å². The molecule has 0 spiro atoms. The second kappa shape index (κ2) is 12.8. The zero-order valence-corrected chi connectivity index (χ0v) is 18.3. The summed E-state index contributed by atoms with van der Waals surface area (Å²) in [4.78, 5) is 26.6. The van der Waals surface area contributed by atoms with Gasteiger partial charge in [-0.2, -0.15) is 0 Å². The summed E-state index contributed by atoms with van der Waals surface area (Å²) in [6, 6.07) is 12.2. The number of nitrogens with one attached hydrogen (secondary N) is 2. The van der Waals surface area contributed by atoms with Gasteiger partial charge in [0.2, 0.25) is 6.41 Å². The lowest BCUT2D eigenvalue weighted by molar-refractivity contribution is -0.105. The quantitative estimate of drug-likeness (QED) is 0.516. The number of rotatable bonds is 4. The van der Waals surface area contributed by atoms with E-state index in [1.54, 1.807) is 31.3 Å². The van der Waals surface area contributed by atoms with Gasteiger partial charge in [-0.15, -0.1) is 0 Å². The molecule has 0 aliphatic rings. The molecule has 0 aliphatic carbocycles. The molecule has 31 heavy (non-hydrogen) atoms. The average Bonchev–Trinajstić information content (AvgIpc) is 2.76. The number of carbonyl (C=O) groups is 2. The first-order valence-corrected chi connectivity index (χ1v) is 9.76. The molecule has 0 saturated carbocycles. The fraction of sp³-hybridized carbons (Fsp3) is 0.208. The van der Waals surface area contributed by atoms with Gasteiger partial charge in [-0.25, -0.2) is 13.8 Å². The van der Waals surface area contributed by atoms with E-state index in [1.165, 1.54) is 12.1 Å². The van der Waals surface area contributed by atoms with Crippen LogP contribution in [0.15, 0.2) is 54.7 Å². The molecule has 3 aromatic rings. The van der Waals surface area contributed by atoms with Gasteiger partial charge in [0, 0.05) is 6.20 Å². The summed E-state index contributed by atoms with van der Waals surface area (Å²) in [7, 11) is 0. The van der Waals surface area contributed by atoms with Gasteiger partial charge >= 0.3 is 0 Å². The zero-order valence-electron chi connectivity index (χ0n) is 18.3. The fourth-order valence-electron chi connectivity index (χ4n) is 2.32. The number of hydrogen-bond donors (Lipinski definition) is 2. The highest BCUT2D eigenvalue weighted by Gasteiger charge is 2.13. The highest BCUT2D eigenvalue weighted by molar-refractivity contribution is 6.08. The summed E-state index contributed by atoms with van der Waals surface area (Å²) in [5.74, 6) is -0.884. The Morgan fingerprint density at radius 1 is 0.935 bits per heavy atom. The minimum Gasteiger partial charge on any atom is -0.328 e. The maximum absolute atomic E-state index is 13.2. The first-order chi connectivity index (χ1) is 14.8. The lowest BCUT2D eigenvalue weighted by Gasteiger charge is -2.09. The molecule has 0 saturated heterocycles. The van der Waals surface area contributed by atoms with Crippen LogP contribution in [0.2, 0.25) is 0 Å². The maximum atomic E-state index is 13.2. The van der Waals surface area contributed by atoms with Gasteiger partial charge in [0.05, 0.1) is 11.3 Å². The highest BCUT2D eigenvalue weighted by Crippen LogP contribution is 2.18. The summed E-state index contributed by atoms with van der Waals surface area (Å²) in [5.41, 5.74) is 2.89. The maximum Gasteiger partial charge on any atom is 0.259 e. The van der Waals surface area contributed by atoms with Crippen LogP contribution in [0.25, 0.3) is 0 Å². The Morgan fingerprint density at radius 3 is 2.16 bits per heavy atom. The third-order valence-electron chi connectivity index (χ3n) is 3.92. The number of hydrogen-bond acceptors (Lipinski definition) is 3. The van der Waals surface area contributed by atoms with Gasteiger partial charge in [0.25, 0.3) is 5.91 Å². The van der Waals surface area contributed by atoms with Crippen molar-refractivity contribution in [3.05, 3.63) is 88.6 Å². The summed E-state index contributed by atoms with van der Waals surface area (Å²) in [5, 5.41) is 4.89. The standard InChI is InChI=1S/C14H12FN3O2.C8H9F.C2H6/c1-9-2-5-13(16-7-9)18-14(20)11-6-10(15)3-4-12(11)17-8-19;1-6-3-4-7(2)8(9)5-6;1-2/h2-8H,1H3,(H,17,19)(H,16,18,20);3-5H,1-2H3;1-2H3. The molecule has 2 amide bonds. The number of aryl methyl sites for hydroxylation is 3. The number of nitrogens with zero attached hydrogens (tertiary/aromatic N) is 1. The number of pyridine rings is 1. The molecule has 164 valence electrons. The Bertz CT molecular complexity index is 1010. The molecule has 0 bridgehead atoms. The van der Waals surface area contributed by atoms with Crippen molar-refractivity contribution in [1.82, 2.24) is 4.98 Å². The third-order valence-corrected chi connectivity index (χ3v) is 3.92. The Balaban J connectivity index is 0.000000365. The van der Waals surface area contributed by atoms with Crippen LogP contribution in [0.3, 0.4) is 0 Å². The third kappa shape index (κ3) is 8.34. The Labute approximate surface area is 181 Å². The van der Waals surface area contributed by atoms with Crippen LogP contribution in [0.1, 0.15) is 40.9 Å². The fourth-order valence-corrected chi connectivity index (χ4v) is 2.32. The zero-order chi connectivity index (χ0) is 23.4. The normalized spacial score (nSPS) is 9.39. The van der Waals surface area contributed by atoms with E-state index >= 15 is 0 Å². The van der Waals surface area contributed by atoms with Gasteiger partial charge in [-0.05, 0) is 67.8 Å². The van der Waals surface area contributed by atoms with E-state index in [-0.39, 0.29) is 17.1 Å². The Hall–Kier alpha value is -3.61. The molecule has 1 heterocycles. The summed E-state index contributed by atoms with van der Waals surface area (Å²) in [6.45, 7) is 9.51. The Kier molecular flexibility index (Phi) is 10.5. The molecule has 0 atom stereocenters. The van der Waals surface area contributed by atoms with E-state index in [0.29, 0.717) is 17.8 Å². The summed E-state index contributed by atoms with van der Waals surface area (Å²) < 4.78 is 25.8. The first-order valence-electron chi connectivity index (χ1n) is 9.76. The number of anilines is 2. The van der Waals surface area contributed by atoms with Gasteiger partial charge < -0.3 is 10.6 Å². The number of carbonyl (C=O) groups excluding carboxylic acids is 2. The number of halogens is 2. The molecule has 0 unspecified atom stereocenters. The van der Waals surface area contributed by atoms with Crippen molar-refractivity contribution >= 4 is 23.8 Å². The van der Waals surface area contributed by atoms with Gasteiger partial charge in [-0.1, -0.05) is 32.0 Å². The molecule has 2 N–H and O–H groups in total. The Morgan fingerprint density at radius 2 is 1.61 bits per heavy atom. The van der Waals surface area contributed by atoms with Crippen LogP contribution in [-0.4, -0.2) is 17.3 Å². The smallest absolute Gasteiger partial charge is 0.259 e. The molecular weight excluding hydrogens is 400 g/mol. The van der Waals surface area contributed by atoms with Crippen LogP contribution >= 0.6 is 0 Å². The largest absolute Gasteiger partial charge is 0.328 e. The molecule has 7 heteroatoms. The van der Waals surface area contributed by atoms with Crippen LogP contribution in [-0.2, 0) is 4.79 Å². The van der Waals surface area contributed by atoms with Crippen molar-refractivity contribution < 1.29 is 18.4 Å². The monoisotopic (exact) mass is 427 g/mol. The molecular formula is C24H27F2N3O2. The minimum atomic E-state index is -0.566. The highest BCUT2D eigenvalue weighted by atomic mass is 19.1. The lowest BCUT2D eigenvalue weighted by Crippen LogP contribution is -2.15. The van der Waals surface area contributed by atoms with E-state index in [4.69, 9.17) is 0 Å². The minimum absolute atomic E-state index is 0.0273. The molecule has 5 nitrogen and oxygen atoms in total. The molecule has 1 aromatic heterocycles. The molecule has 3 rings (SSSR count). The topological polar surface area (TPSA) is 71.1 Å². The van der Waals surface area contributed by atoms with Crippen LogP contribution in [0.5, 0.6) is 0 Å². The number of aromatic nitrogens is 1. The first kappa shape index (κ1) is 25.4. The van der Waals surface area contributed by atoms with E-state index in [1.807, 2.05) is 33.8 Å². The van der Waals surface area contributed by atoms with E-state index in [0.717, 1.165) is 23.3 Å².